The number of sulfonamides is 1. The highest BCUT2D eigenvalue weighted by Gasteiger charge is 2.36. The van der Waals surface area contributed by atoms with Gasteiger partial charge in [-0.15, -0.1) is 0 Å². The number of nitrogens with one attached hydrogen (secondary N) is 1. The minimum absolute atomic E-state index is 0.0315. The zero-order valence-electron chi connectivity index (χ0n) is 24.2. The summed E-state index contributed by atoms with van der Waals surface area (Å²) in [5.74, 6) is -1.18. The van der Waals surface area contributed by atoms with Crippen molar-refractivity contribution in [2.24, 2.45) is 0 Å². The lowest BCUT2D eigenvalue weighted by molar-refractivity contribution is -0.140. The van der Waals surface area contributed by atoms with Crippen molar-refractivity contribution >= 4 is 39.1 Å². The Balaban J connectivity index is 2.09. The van der Waals surface area contributed by atoms with Crippen LogP contribution < -0.4 is 9.62 Å². The van der Waals surface area contributed by atoms with Gasteiger partial charge in [-0.1, -0.05) is 79.5 Å². The van der Waals surface area contributed by atoms with Gasteiger partial charge < -0.3 is 10.2 Å². The van der Waals surface area contributed by atoms with Crippen molar-refractivity contribution < 1.29 is 31.2 Å². The summed E-state index contributed by atoms with van der Waals surface area (Å²) in [6.45, 7) is 3.34. The fourth-order valence-corrected chi connectivity index (χ4v) is 5.60. The van der Waals surface area contributed by atoms with E-state index in [9.17, 15) is 31.2 Å². The fraction of sp³-hybridized carbons (Fsp3) is 0.355. The lowest BCUT2D eigenvalue weighted by Crippen LogP contribution is -2.53. The summed E-state index contributed by atoms with van der Waals surface area (Å²) in [6.07, 6.45) is -2.37. The van der Waals surface area contributed by atoms with E-state index in [4.69, 9.17) is 11.6 Å². The number of aryl methyl sites for hydroxylation is 1. The topological polar surface area (TPSA) is 86.8 Å². The number of rotatable bonds is 13. The lowest BCUT2D eigenvalue weighted by Gasteiger charge is -2.34. The largest absolute Gasteiger partial charge is 0.417 e. The second-order valence-electron chi connectivity index (χ2n) is 10.2. The molecule has 0 saturated heterocycles. The molecule has 232 valence electrons. The number of carbonyl (C=O) groups is 2. The van der Waals surface area contributed by atoms with Gasteiger partial charge in [-0.3, -0.25) is 13.9 Å². The molecule has 1 atom stereocenters. The van der Waals surface area contributed by atoms with E-state index in [0.29, 0.717) is 16.9 Å². The summed E-state index contributed by atoms with van der Waals surface area (Å²) in [7, 11) is -4.25. The Hall–Kier alpha value is -3.57. The van der Waals surface area contributed by atoms with Gasteiger partial charge in [0.15, 0.2) is 0 Å². The molecule has 12 heteroatoms. The molecule has 0 aliphatic carbocycles. The molecule has 0 radical (unpaired) electrons. The van der Waals surface area contributed by atoms with Crippen molar-refractivity contribution in [1.82, 2.24) is 10.2 Å². The molecule has 43 heavy (non-hydrogen) atoms. The molecule has 2 amide bonds. The molecule has 1 unspecified atom stereocenters. The van der Waals surface area contributed by atoms with Crippen LogP contribution in [0, 0.1) is 6.92 Å². The Morgan fingerprint density at radius 3 is 2.26 bits per heavy atom. The van der Waals surface area contributed by atoms with Crippen LogP contribution >= 0.6 is 11.6 Å². The average Bonchev–Trinajstić information content (AvgIpc) is 2.94. The first-order valence-electron chi connectivity index (χ1n) is 13.7. The van der Waals surface area contributed by atoms with Crippen molar-refractivity contribution in [2.75, 3.05) is 23.7 Å². The maximum Gasteiger partial charge on any atom is 0.417 e. The van der Waals surface area contributed by atoms with Gasteiger partial charge in [0, 0.05) is 19.5 Å². The molecule has 1 N–H and O–H groups in total. The van der Waals surface area contributed by atoms with E-state index in [-0.39, 0.29) is 18.7 Å². The van der Waals surface area contributed by atoms with Crippen LogP contribution in [0.4, 0.5) is 18.9 Å². The van der Waals surface area contributed by atoms with Crippen LogP contribution in [0.2, 0.25) is 5.02 Å². The van der Waals surface area contributed by atoms with Gasteiger partial charge in [0.1, 0.15) is 12.6 Å². The van der Waals surface area contributed by atoms with Crippen molar-refractivity contribution in [3.8, 4) is 0 Å². The molecule has 0 saturated carbocycles. The second kappa shape index (κ2) is 14.7. The first kappa shape index (κ1) is 33.9. The Morgan fingerprint density at radius 2 is 1.65 bits per heavy atom. The molecule has 0 fully saturated rings. The number of amides is 2. The van der Waals surface area contributed by atoms with E-state index in [2.05, 4.69) is 5.32 Å². The number of carbonyl (C=O) groups excluding carboxylic acids is 2. The van der Waals surface area contributed by atoms with E-state index in [0.717, 1.165) is 47.9 Å². The molecule has 0 heterocycles. The zero-order chi connectivity index (χ0) is 31.8. The number of nitrogens with zero attached hydrogens (tertiary/aromatic N) is 2. The highest BCUT2D eigenvalue weighted by Crippen LogP contribution is 2.37. The van der Waals surface area contributed by atoms with Gasteiger partial charge in [-0.25, -0.2) is 8.42 Å². The lowest BCUT2D eigenvalue weighted by atomic mass is 10.0. The quantitative estimate of drug-likeness (QED) is 0.233. The number of anilines is 1. The summed E-state index contributed by atoms with van der Waals surface area (Å²) in [5, 5.41) is 2.27. The van der Waals surface area contributed by atoms with E-state index < -0.39 is 51.2 Å². The molecule has 3 aromatic rings. The molecule has 0 spiro atoms. The van der Waals surface area contributed by atoms with Crippen LogP contribution in [-0.2, 0) is 38.8 Å². The molecule has 3 aromatic carbocycles. The minimum Gasteiger partial charge on any atom is -0.354 e. The van der Waals surface area contributed by atoms with Gasteiger partial charge >= 0.3 is 6.18 Å². The third kappa shape index (κ3) is 9.46. The highest BCUT2D eigenvalue weighted by atomic mass is 35.5. The fourth-order valence-electron chi connectivity index (χ4n) is 4.53. The highest BCUT2D eigenvalue weighted by molar-refractivity contribution is 7.92. The number of benzene rings is 3. The number of hydrogen-bond donors (Lipinski definition) is 1. The average molecular weight is 638 g/mol. The first-order chi connectivity index (χ1) is 20.2. The standard InChI is InChI=1S/C31H35ClF3N3O4S/c1-4-5-17-36-30(40)28(18-23-12-7-6-8-13-23)37(20-24-14-10-9-11-22(24)2)29(39)21-38(43(3,41)42)25-15-16-27(32)26(19-25)31(33,34)35/h6-16,19,28H,4-5,17-18,20-21H2,1-3H3,(H,36,40). The molecule has 0 bridgehead atoms. The summed E-state index contributed by atoms with van der Waals surface area (Å²) >= 11 is 5.76. The summed E-state index contributed by atoms with van der Waals surface area (Å²) < 4.78 is 67.2. The molecular weight excluding hydrogens is 603 g/mol. The molecular formula is C31H35ClF3N3O4S. The van der Waals surface area contributed by atoms with Gasteiger partial charge in [0.2, 0.25) is 21.8 Å². The molecule has 0 aliphatic rings. The van der Waals surface area contributed by atoms with E-state index in [1.54, 1.807) is 24.3 Å². The van der Waals surface area contributed by atoms with Crippen molar-refractivity contribution in [1.29, 1.82) is 0 Å². The van der Waals surface area contributed by atoms with Gasteiger partial charge in [-0.2, -0.15) is 13.2 Å². The van der Waals surface area contributed by atoms with E-state index in [1.807, 2.05) is 44.2 Å². The Labute approximate surface area is 255 Å². The van der Waals surface area contributed by atoms with Gasteiger partial charge in [-0.05, 0) is 48.2 Å². The predicted octanol–water partition coefficient (Wildman–Crippen LogP) is 5.99. The SMILES string of the molecule is CCCCNC(=O)C(Cc1ccccc1)N(Cc1ccccc1C)C(=O)CN(c1ccc(Cl)c(C(F)(F)F)c1)S(C)(=O)=O. The third-order valence-electron chi connectivity index (χ3n) is 6.93. The van der Waals surface area contributed by atoms with Crippen molar-refractivity contribution in [3.63, 3.8) is 0 Å². The summed E-state index contributed by atoms with van der Waals surface area (Å²) in [5.41, 5.74) is 0.732. The number of hydrogen-bond acceptors (Lipinski definition) is 4. The smallest absolute Gasteiger partial charge is 0.354 e. The van der Waals surface area contributed by atoms with Crippen LogP contribution in [0.3, 0.4) is 0 Å². The Kier molecular flexibility index (Phi) is 11.6. The zero-order valence-corrected chi connectivity index (χ0v) is 25.8. The molecule has 3 rings (SSSR count). The minimum atomic E-state index is -4.85. The Morgan fingerprint density at radius 1 is 1.00 bits per heavy atom. The third-order valence-corrected chi connectivity index (χ3v) is 8.40. The summed E-state index contributed by atoms with van der Waals surface area (Å²) in [4.78, 5) is 29.0. The van der Waals surface area contributed by atoms with Crippen molar-refractivity contribution in [2.45, 2.75) is 51.9 Å². The van der Waals surface area contributed by atoms with Gasteiger partial charge in [0.05, 0.1) is 22.5 Å². The van der Waals surface area contributed by atoms with Gasteiger partial charge in [0.25, 0.3) is 0 Å². The van der Waals surface area contributed by atoms with Crippen LogP contribution in [0.5, 0.6) is 0 Å². The number of alkyl halides is 3. The second-order valence-corrected chi connectivity index (χ2v) is 12.5. The molecule has 7 nitrogen and oxygen atoms in total. The van der Waals surface area contributed by atoms with Crippen LogP contribution in [0.25, 0.3) is 0 Å². The summed E-state index contributed by atoms with van der Waals surface area (Å²) in [6, 6.07) is 17.9. The number of unbranched alkanes of at least 4 members (excludes halogenated alkanes) is 1. The monoisotopic (exact) mass is 637 g/mol. The maximum absolute atomic E-state index is 14.1. The normalized spacial score (nSPS) is 12.4. The van der Waals surface area contributed by atoms with Crippen LogP contribution in [0.1, 0.15) is 42.0 Å². The van der Waals surface area contributed by atoms with E-state index >= 15 is 0 Å². The Bertz CT molecular complexity index is 1520. The van der Waals surface area contributed by atoms with E-state index in [1.165, 1.54) is 4.90 Å². The van der Waals surface area contributed by atoms with Crippen LogP contribution in [-0.4, -0.2) is 50.5 Å². The number of halogens is 4. The van der Waals surface area contributed by atoms with Crippen molar-refractivity contribution in [3.05, 3.63) is 100 Å². The predicted molar refractivity (Wildman–Crippen MR) is 162 cm³/mol. The van der Waals surface area contributed by atoms with Crippen LogP contribution in [0.15, 0.2) is 72.8 Å². The molecule has 0 aliphatic heterocycles. The first-order valence-corrected chi connectivity index (χ1v) is 15.9. The molecule has 0 aromatic heterocycles. The maximum atomic E-state index is 14.1.